The number of carboxylic acids is 1. The fraction of sp³-hybridized carbons (Fsp3) is 0.412. The highest BCUT2D eigenvalue weighted by molar-refractivity contribution is 9.10. The van der Waals surface area contributed by atoms with Crippen LogP contribution in [0.5, 0.6) is 0 Å². The molecule has 0 spiro atoms. The van der Waals surface area contributed by atoms with E-state index in [-0.39, 0.29) is 23.6 Å². The highest BCUT2D eigenvalue weighted by Crippen LogP contribution is 2.54. The predicted octanol–water partition coefficient (Wildman–Crippen LogP) is 2.03. The minimum Gasteiger partial charge on any atom is -0.477 e. The van der Waals surface area contributed by atoms with Gasteiger partial charge in [-0.1, -0.05) is 22.0 Å². The normalized spacial score (nSPS) is 29.6. The average molecular weight is 378 g/mol. The van der Waals surface area contributed by atoms with Crippen molar-refractivity contribution in [2.45, 2.75) is 31.9 Å². The summed E-state index contributed by atoms with van der Waals surface area (Å²) in [6.45, 7) is 1.60. The van der Waals surface area contributed by atoms with Gasteiger partial charge in [0.05, 0.1) is 18.1 Å². The molecule has 1 aliphatic carbocycles. The number of hydrogen-bond acceptors (Lipinski definition) is 3. The monoisotopic (exact) mass is 377 g/mol. The molecule has 0 unspecified atom stereocenters. The van der Waals surface area contributed by atoms with Gasteiger partial charge in [-0.05, 0) is 48.6 Å². The summed E-state index contributed by atoms with van der Waals surface area (Å²) in [4.78, 5) is 25.6. The van der Waals surface area contributed by atoms with Gasteiger partial charge in [0.2, 0.25) is 5.91 Å². The van der Waals surface area contributed by atoms with Crippen molar-refractivity contribution in [1.82, 2.24) is 4.90 Å². The van der Waals surface area contributed by atoms with Crippen molar-refractivity contribution in [3.63, 3.8) is 0 Å². The van der Waals surface area contributed by atoms with Crippen LogP contribution in [0.15, 0.2) is 28.4 Å². The molecule has 5 nitrogen and oxygen atoms in total. The number of aliphatic hydroxyl groups is 1. The topological polar surface area (TPSA) is 77.8 Å². The van der Waals surface area contributed by atoms with Gasteiger partial charge in [0.1, 0.15) is 5.70 Å². The molecule has 1 fully saturated rings. The molecule has 0 saturated carbocycles. The van der Waals surface area contributed by atoms with Crippen LogP contribution in [0.4, 0.5) is 0 Å². The van der Waals surface area contributed by atoms with Gasteiger partial charge in [0.25, 0.3) is 0 Å². The summed E-state index contributed by atoms with van der Waals surface area (Å²) >= 11 is 3.45. The molecule has 23 heavy (non-hydrogen) atoms. The third-order valence-corrected chi connectivity index (χ3v) is 5.77. The molecule has 4 atom stereocenters. The third kappa shape index (κ3) is 1.88. The van der Waals surface area contributed by atoms with Crippen LogP contribution in [-0.4, -0.2) is 39.1 Å². The van der Waals surface area contributed by atoms with Gasteiger partial charge in [-0.25, -0.2) is 4.79 Å². The predicted molar refractivity (Wildman–Crippen MR) is 86.3 cm³/mol. The summed E-state index contributed by atoms with van der Waals surface area (Å²) in [6.07, 6.45) is 0.898. The molecule has 4 rings (SSSR count). The van der Waals surface area contributed by atoms with Crippen molar-refractivity contribution in [2.24, 2.45) is 11.8 Å². The number of amides is 1. The summed E-state index contributed by atoms with van der Waals surface area (Å²) < 4.78 is 0.891. The molecule has 120 valence electrons. The number of carbonyl (C=O) groups is 2. The van der Waals surface area contributed by atoms with Crippen LogP contribution in [0.2, 0.25) is 0 Å². The van der Waals surface area contributed by atoms with E-state index < -0.39 is 18.0 Å². The number of β-lactam (4-membered cyclic amide) rings is 1. The number of fused-ring (bicyclic) bond motifs is 5. The fourth-order valence-corrected chi connectivity index (χ4v) is 4.74. The van der Waals surface area contributed by atoms with Gasteiger partial charge >= 0.3 is 5.97 Å². The molecule has 0 aromatic heterocycles. The molecule has 1 aromatic carbocycles. The Morgan fingerprint density at radius 2 is 2.17 bits per heavy atom. The zero-order chi connectivity index (χ0) is 16.5. The lowest BCUT2D eigenvalue weighted by Crippen LogP contribution is -2.64. The Kier molecular flexibility index (Phi) is 3.19. The van der Waals surface area contributed by atoms with E-state index in [4.69, 9.17) is 0 Å². The largest absolute Gasteiger partial charge is 0.477 e. The van der Waals surface area contributed by atoms with Crippen molar-refractivity contribution in [3.05, 3.63) is 39.5 Å². The Balaban J connectivity index is 1.90. The molecular weight excluding hydrogens is 362 g/mol. The molecular formula is C17H16BrNO4. The van der Waals surface area contributed by atoms with Crippen LogP contribution < -0.4 is 0 Å². The van der Waals surface area contributed by atoms with E-state index in [1.165, 1.54) is 4.90 Å². The van der Waals surface area contributed by atoms with E-state index in [1.54, 1.807) is 6.92 Å². The van der Waals surface area contributed by atoms with Crippen LogP contribution in [0.1, 0.15) is 24.5 Å². The minimum absolute atomic E-state index is 0.0137. The molecule has 6 heteroatoms. The van der Waals surface area contributed by atoms with Crippen LogP contribution in [0, 0.1) is 11.8 Å². The van der Waals surface area contributed by atoms with E-state index in [2.05, 4.69) is 15.9 Å². The first-order chi connectivity index (χ1) is 10.9. The van der Waals surface area contributed by atoms with Crippen LogP contribution in [-0.2, 0) is 16.0 Å². The molecule has 1 amide bonds. The van der Waals surface area contributed by atoms with E-state index >= 15 is 0 Å². The van der Waals surface area contributed by atoms with Gasteiger partial charge in [0.15, 0.2) is 0 Å². The molecule has 3 aliphatic rings. The number of aliphatic carboxylic acids is 1. The van der Waals surface area contributed by atoms with Crippen LogP contribution in [0.25, 0.3) is 5.57 Å². The fourth-order valence-electron chi connectivity index (χ4n) is 4.38. The zero-order valence-electron chi connectivity index (χ0n) is 12.5. The number of halogens is 1. The van der Waals surface area contributed by atoms with Crippen molar-refractivity contribution < 1.29 is 19.8 Å². The van der Waals surface area contributed by atoms with Crippen molar-refractivity contribution in [3.8, 4) is 0 Å². The number of aliphatic hydroxyl groups excluding tert-OH is 1. The quantitative estimate of drug-likeness (QED) is 0.773. The van der Waals surface area contributed by atoms with Crippen LogP contribution in [0.3, 0.4) is 0 Å². The number of hydrogen-bond donors (Lipinski definition) is 2. The maximum Gasteiger partial charge on any atom is 0.352 e. The molecule has 2 aliphatic heterocycles. The Bertz CT molecular complexity index is 770. The second-order valence-electron chi connectivity index (χ2n) is 6.48. The number of aryl methyl sites for hydroxylation is 1. The zero-order valence-corrected chi connectivity index (χ0v) is 14.1. The highest BCUT2D eigenvalue weighted by Gasteiger charge is 2.61. The molecule has 0 radical (unpaired) electrons. The van der Waals surface area contributed by atoms with Crippen LogP contribution >= 0.6 is 15.9 Å². The number of benzene rings is 1. The van der Waals surface area contributed by atoms with E-state index in [0.717, 1.165) is 34.0 Å². The van der Waals surface area contributed by atoms with Crippen molar-refractivity contribution >= 4 is 33.4 Å². The Hall–Kier alpha value is -1.66. The summed E-state index contributed by atoms with van der Waals surface area (Å²) in [5.74, 6) is -1.86. The van der Waals surface area contributed by atoms with Gasteiger partial charge in [-0.15, -0.1) is 0 Å². The maximum absolute atomic E-state index is 12.4. The molecule has 2 N–H and O–H groups in total. The van der Waals surface area contributed by atoms with Gasteiger partial charge in [0, 0.05) is 10.4 Å². The molecule has 1 saturated heterocycles. The summed E-state index contributed by atoms with van der Waals surface area (Å²) in [5.41, 5.74) is 2.88. The van der Waals surface area contributed by atoms with Crippen molar-refractivity contribution in [2.75, 3.05) is 0 Å². The third-order valence-electron chi connectivity index (χ3n) is 5.28. The smallest absolute Gasteiger partial charge is 0.352 e. The Morgan fingerprint density at radius 3 is 2.83 bits per heavy atom. The van der Waals surface area contributed by atoms with Gasteiger partial charge in [-0.2, -0.15) is 0 Å². The molecule has 1 aromatic rings. The lowest BCUT2D eigenvalue weighted by molar-refractivity contribution is -0.163. The number of rotatable bonds is 2. The SMILES string of the molecule is C[C@@H](O)[C@H]1C(=O)N2C(C(=O)O)=C3c4cc(Br)ccc4CC[C@H]3[C@H]12. The maximum atomic E-state index is 12.4. The molecule has 2 heterocycles. The Labute approximate surface area is 141 Å². The lowest BCUT2D eigenvalue weighted by Gasteiger charge is -2.47. The summed E-state index contributed by atoms with van der Waals surface area (Å²) in [5, 5.41) is 19.6. The number of carboxylic acid groups (broad SMARTS) is 1. The first-order valence-electron chi connectivity index (χ1n) is 7.69. The highest BCUT2D eigenvalue weighted by atomic mass is 79.9. The van der Waals surface area contributed by atoms with Gasteiger partial charge < -0.3 is 15.1 Å². The van der Waals surface area contributed by atoms with Crippen molar-refractivity contribution in [1.29, 1.82) is 0 Å². The summed E-state index contributed by atoms with van der Waals surface area (Å²) in [6, 6.07) is 5.67. The first kappa shape index (κ1) is 14.9. The van der Waals surface area contributed by atoms with E-state index in [0.29, 0.717) is 0 Å². The van der Waals surface area contributed by atoms with E-state index in [9.17, 15) is 19.8 Å². The van der Waals surface area contributed by atoms with Gasteiger partial charge in [-0.3, -0.25) is 4.79 Å². The Morgan fingerprint density at radius 1 is 1.43 bits per heavy atom. The second-order valence-corrected chi connectivity index (χ2v) is 7.39. The number of nitrogens with zero attached hydrogens (tertiary/aromatic N) is 1. The minimum atomic E-state index is -1.07. The second kappa shape index (κ2) is 4.92. The van der Waals surface area contributed by atoms with E-state index in [1.807, 2.05) is 18.2 Å². The standard InChI is InChI=1S/C17H16BrNO4/c1-7(20)12-14-10-5-3-8-2-4-9(18)6-11(8)13(10)15(17(22)23)19(14)16(12)21/h2,4,6-7,10,12,14,20H,3,5H2,1H3,(H,22,23)/t7-,10-,12-,14-/m1/s1. The summed E-state index contributed by atoms with van der Waals surface area (Å²) in [7, 11) is 0. The lowest BCUT2D eigenvalue weighted by atomic mass is 9.71. The first-order valence-corrected chi connectivity index (χ1v) is 8.48. The molecule has 0 bridgehead atoms. The average Bonchev–Trinajstić information content (AvgIpc) is 2.78. The number of carbonyl (C=O) groups excluding carboxylic acids is 1.